The van der Waals surface area contributed by atoms with E-state index in [1.54, 1.807) is 0 Å². The molecule has 1 fully saturated rings. The monoisotopic (exact) mass is 212 g/mol. The van der Waals surface area contributed by atoms with E-state index in [0.717, 1.165) is 25.9 Å². The highest BCUT2D eigenvalue weighted by atomic mass is 14.9. The van der Waals surface area contributed by atoms with Crippen LogP contribution in [0.25, 0.3) is 0 Å². The minimum absolute atomic E-state index is 0.00889. The zero-order valence-corrected chi connectivity index (χ0v) is 10.7. The zero-order chi connectivity index (χ0) is 11.4. The van der Waals surface area contributed by atoms with Gasteiger partial charge in [-0.25, -0.2) is 0 Å². The first-order chi connectivity index (χ1) is 7.04. The Morgan fingerprint density at radius 1 is 1.20 bits per heavy atom. The summed E-state index contributed by atoms with van der Waals surface area (Å²) in [5.74, 6) is 0. The summed E-state index contributed by atoms with van der Waals surface area (Å²) in [6.07, 6.45) is 7.72. The highest BCUT2D eigenvalue weighted by molar-refractivity contribution is 4.87. The van der Waals surface area contributed by atoms with E-state index in [4.69, 9.17) is 5.73 Å². The van der Waals surface area contributed by atoms with Crippen molar-refractivity contribution < 1.29 is 0 Å². The molecule has 3 N–H and O–H groups in total. The Kier molecular flexibility index (Phi) is 4.60. The van der Waals surface area contributed by atoms with Gasteiger partial charge >= 0.3 is 0 Å². The molecule has 2 heteroatoms. The van der Waals surface area contributed by atoms with E-state index >= 15 is 0 Å². The number of nitrogens with two attached hydrogens (primary N) is 1. The third-order valence-electron chi connectivity index (χ3n) is 4.25. The molecule has 0 radical (unpaired) electrons. The van der Waals surface area contributed by atoms with Crippen LogP contribution in [0.5, 0.6) is 0 Å². The van der Waals surface area contributed by atoms with Crippen LogP contribution in [0.1, 0.15) is 59.3 Å². The molecule has 0 saturated heterocycles. The third-order valence-corrected chi connectivity index (χ3v) is 4.25. The molecule has 1 saturated carbocycles. The molecule has 0 bridgehead atoms. The maximum Gasteiger partial charge on any atom is 0.0275 e. The summed E-state index contributed by atoms with van der Waals surface area (Å²) in [5, 5.41) is 3.59. The predicted molar refractivity (Wildman–Crippen MR) is 66.9 cm³/mol. The number of rotatable bonds is 6. The van der Waals surface area contributed by atoms with Gasteiger partial charge in [0.2, 0.25) is 0 Å². The summed E-state index contributed by atoms with van der Waals surface area (Å²) in [4.78, 5) is 0. The van der Waals surface area contributed by atoms with Crippen LogP contribution < -0.4 is 11.1 Å². The fraction of sp³-hybridized carbons (Fsp3) is 1.00. The smallest absolute Gasteiger partial charge is 0.0275 e. The van der Waals surface area contributed by atoms with Gasteiger partial charge in [0.25, 0.3) is 0 Å². The van der Waals surface area contributed by atoms with Gasteiger partial charge in [-0.15, -0.1) is 0 Å². The molecule has 0 aromatic heterocycles. The Balaban J connectivity index is 2.25. The van der Waals surface area contributed by atoms with E-state index in [1.165, 1.54) is 25.7 Å². The average molecular weight is 212 g/mol. The van der Waals surface area contributed by atoms with Crippen LogP contribution in [-0.2, 0) is 0 Å². The lowest BCUT2D eigenvalue weighted by molar-refractivity contribution is 0.286. The van der Waals surface area contributed by atoms with E-state index in [1.807, 2.05) is 0 Å². The van der Waals surface area contributed by atoms with E-state index in [9.17, 15) is 0 Å². The molecule has 0 aromatic rings. The molecular weight excluding hydrogens is 184 g/mol. The van der Waals surface area contributed by atoms with Gasteiger partial charge in [0.05, 0.1) is 0 Å². The van der Waals surface area contributed by atoms with Gasteiger partial charge in [0.1, 0.15) is 0 Å². The van der Waals surface area contributed by atoms with Gasteiger partial charge in [-0.05, 0) is 31.1 Å². The van der Waals surface area contributed by atoms with Crippen molar-refractivity contribution in [3.8, 4) is 0 Å². The molecule has 15 heavy (non-hydrogen) atoms. The number of hydrogen-bond donors (Lipinski definition) is 2. The molecule has 0 spiro atoms. The van der Waals surface area contributed by atoms with Gasteiger partial charge in [-0.1, -0.05) is 33.6 Å². The first-order valence-corrected chi connectivity index (χ1v) is 6.53. The summed E-state index contributed by atoms with van der Waals surface area (Å²) in [6.45, 7) is 8.88. The number of hydrogen-bond acceptors (Lipinski definition) is 2. The van der Waals surface area contributed by atoms with Crippen molar-refractivity contribution in [3.63, 3.8) is 0 Å². The lowest BCUT2D eigenvalue weighted by Crippen LogP contribution is -2.49. The van der Waals surface area contributed by atoms with Crippen molar-refractivity contribution in [1.29, 1.82) is 0 Å². The van der Waals surface area contributed by atoms with Crippen molar-refractivity contribution in [2.75, 3.05) is 13.1 Å². The molecule has 1 aliphatic rings. The maximum absolute atomic E-state index is 6.26. The van der Waals surface area contributed by atoms with E-state index in [-0.39, 0.29) is 5.54 Å². The van der Waals surface area contributed by atoms with Crippen LogP contribution in [0.3, 0.4) is 0 Å². The Labute approximate surface area is 95.0 Å². The lowest BCUT2D eigenvalue weighted by Gasteiger charge is -2.30. The van der Waals surface area contributed by atoms with Crippen molar-refractivity contribution in [3.05, 3.63) is 0 Å². The fourth-order valence-electron chi connectivity index (χ4n) is 2.52. The standard InChI is InChI=1S/C13H28N2/c1-4-13(14,5-2)11-15-10-12(3)8-6-7-9-12/h15H,4-11,14H2,1-3H3. The summed E-state index contributed by atoms with van der Waals surface area (Å²) < 4.78 is 0. The van der Waals surface area contributed by atoms with Crippen LogP contribution in [0, 0.1) is 5.41 Å². The quantitative estimate of drug-likeness (QED) is 0.710. The molecule has 90 valence electrons. The summed E-state index contributed by atoms with van der Waals surface area (Å²) >= 11 is 0. The molecule has 2 nitrogen and oxygen atoms in total. The first-order valence-electron chi connectivity index (χ1n) is 6.53. The van der Waals surface area contributed by atoms with Crippen LogP contribution in [0.4, 0.5) is 0 Å². The third kappa shape index (κ3) is 3.76. The molecule has 1 aliphatic carbocycles. The summed E-state index contributed by atoms with van der Waals surface area (Å²) in [6, 6.07) is 0. The minimum atomic E-state index is 0.00889. The first kappa shape index (κ1) is 13.0. The SMILES string of the molecule is CCC(N)(CC)CNCC1(C)CCCC1. The summed E-state index contributed by atoms with van der Waals surface area (Å²) in [5.41, 5.74) is 6.81. The van der Waals surface area contributed by atoms with Crippen LogP contribution in [0.15, 0.2) is 0 Å². The molecule has 0 aromatic carbocycles. The Hall–Kier alpha value is -0.0800. The second-order valence-corrected chi connectivity index (χ2v) is 5.69. The maximum atomic E-state index is 6.26. The Bertz CT molecular complexity index is 175. The van der Waals surface area contributed by atoms with Gasteiger partial charge < -0.3 is 11.1 Å². The zero-order valence-electron chi connectivity index (χ0n) is 10.7. The van der Waals surface area contributed by atoms with E-state index in [0.29, 0.717) is 5.41 Å². The summed E-state index contributed by atoms with van der Waals surface area (Å²) in [7, 11) is 0. The van der Waals surface area contributed by atoms with Crippen LogP contribution in [0.2, 0.25) is 0 Å². The molecule has 0 unspecified atom stereocenters. The number of nitrogens with one attached hydrogen (secondary N) is 1. The van der Waals surface area contributed by atoms with Crippen LogP contribution >= 0.6 is 0 Å². The van der Waals surface area contributed by atoms with Gasteiger partial charge in [-0.3, -0.25) is 0 Å². The molecule has 0 atom stereocenters. The highest BCUT2D eigenvalue weighted by Crippen LogP contribution is 2.36. The molecule has 1 rings (SSSR count). The second kappa shape index (κ2) is 5.31. The van der Waals surface area contributed by atoms with Gasteiger partial charge in [-0.2, -0.15) is 0 Å². The minimum Gasteiger partial charge on any atom is -0.324 e. The molecule has 0 amide bonds. The van der Waals surface area contributed by atoms with Crippen molar-refractivity contribution in [2.24, 2.45) is 11.1 Å². The van der Waals surface area contributed by atoms with E-state index in [2.05, 4.69) is 26.1 Å². The highest BCUT2D eigenvalue weighted by Gasteiger charge is 2.29. The van der Waals surface area contributed by atoms with Crippen molar-refractivity contribution >= 4 is 0 Å². The predicted octanol–water partition coefficient (Wildman–Crippen LogP) is 2.67. The van der Waals surface area contributed by atoms with Crippen molar-refractivity contribution in [1.82, 2.24) is 5.32 Å². The second-order valence-electron chi connectivity index (χ2n) is 5.69. The van der Waals surface area contributed by atoms with E-state index < -0.39 is 0 Å². The largest absolute Gasteiger partial charge is 0.324 e. The Morgan fingerprint density at radius 3 is 2.20 bits per heavy atom. The van der Waals surface area contributed by atoms with Crippen LogP contribution in [-0.4, -0.2) is 18.6 Å². The van der Waals surface area contributed by atoms with Gasteiger partial charge in [0, 0.05) is 18.6 Å². The normalized spacial score (nSPS) is 20.8. The molecule has 0 heterocycles. The molecule has 0 aliphatic heterocycles. The van der Waals surface area contributed by atoms with Crippen molar-refractivity contribution in [2.45, 2.75) is 64.8 Å². The average Bonchev–Trinajstić information content (AvgIpc) is 2.65. The topological polar surface area (TPSA) is 38.0 Å². The fourth-order valence-corrected chi connectivity index (χ4v) is 2.52. The van der Waals surface area contributed by atoms with Gasteiger partial charge in [0.15, 0.2) is 0 Å². The molecular formula is C13H28N2. The Morgan fingerprint density at radius 2 is 1.73 bits per heavy atom. The lowest BCUT2D eigenvalue weighted by atomic mass is 9.88.